The number of allylic oxidation sites excluding steroid dienone is 15. The molecule has 6 N–H and O–H groups in total. The van der Waals surface area contributed by atoms with Crippen LogP contribution in [0.1, 0.15) is 86.0 Å². The van der Waals surface area contributed by atoms with Gasteiger partial charge in [-0.2, -0.15) is 0 Å². The first-order valence-electron chi connectivity index (χ1n) is 17.2. The van der Waals surface area contributed by atoms with E-state index in [1.165, 1.54) is 0 Å². The summed E-state index contributed by atoms with van der Waals surface area (Å²) in [6, 6.07) is 0. The van der Waals surface area contributed by atoms with Gasteiger partial charge in [0.2, 0.25) is 0 Å². The number of carbonyl (C=O) groups is 2. The molecule has 1 amide bonds. The summed E-state index contributed by atoms with van der Waals surface area (Å²) in [5.41, 5.74) is 6.88. The van der Waals surface area contributed by atoms with Gasteiger partial charge >= 0.3 is 0 Å². The molecule has 0 saturated heterocycles. The molecule has 0 fully saturated rings. The number of ketones is 1. The van der Waals surface area contributed by atoms with Gasteiger partial charge in [-0.1, -0.05) is 106 Å². The number of nitrogens with zero attached hydrogens (tertiary/aromatic N) is 1. The zero-order chi connectivity index (χ0) is 35.9. The maximum absolute atomic E-state index is 12.2. The van der Waals surface area contributed by atoms with Gasteiger partial charge in [-0.05, 0) is 69.8 Å². The van der Waals surface area contributed by atoms with E-state index in [4.69, 9.17) is 11.1 Å². The van der Waals surface area contributed by atoms with Crippen LogP contribution in [-0.2, 0) is 9.59 Å². The van der Waals surface area contributed by atoms with Crippen LogP contribution < -0.4 is 11.1 Å². The van der Waals surface area contributed by atoms with Gasteiger partial charge in [0, 0.05) is 37.9 Å². The minimum Gasteiger partial charge on any atom is -0.510 e. The lowest BCUT2D eigenvalue weighted by molar-refractivity contribution is -0.120. The fourth-order valence-corrected chi connectivity index (χ4v) is 4.94. The van der Waals surface area contributed by atoms with E-state index in [-0.39, 0.29) is 42.0 Å². The molecule has 0 radical (unpaired) electrons. The van der Waals surface area contributed by atoms with E-state index in [2.05, 4.69) is 49.5 Å². The van der Waals surface area contributed by atoms with Gasteiger partial charge in [0.15, 0.2) is 11.7 Å². The number of guanidine groups is 1. The number of hydrogen-bond donors (Lipinski definition) is 5. The van der Waals surface area contributed by atoms with Gasteiger partial charge in [-0.15, -0.1) is 0 Å². The predicted molar refractivity (Wildman–Crippen MR) is 200 cm³/mol. The van der Waals surface area contributed by atoms with Crippen LogP contribution >= 0.6 is 0 Å². The van der Waals surface area contributed by atoms with Crippen LogP contribution in [0, 0.1) is 23.2 Å². The first-order valence-corrected chi connectivity index (χ1v) is 17.2. The molecule has 264 valence electrons. The van der Waals surface area contributed by atoms with Crippen LogP contribution in [0.4, 0.5) is 0 Å². The average molecular weight is 661 g/mol. The van der Waals surface area contributed by atoms with E-state index in [1.807, 2.05) is 57.4 Å². The van der Waals surface area contributed by atoms with Crippen LogP contribution in [0.15, 0.2) is 108 Å². The molecule has 1 rings (SSSR count). The molecule has 4 atom stereocenters. The molecule has 0 spiro atoms. The van der Waals surface area contributed by atoms with Crippen molar-refractivity contribution in [3.8, 4) is 0 Å². The number of nitrogens with one attached hydrogen (secondary N) is 2. The van der Waals surface area contributed by atoms with Crippen molar-refractivity contribution in [1.82, 2.24) is 10.2 Å². The topological polar surface area (TPSA) is 140 Å². The van der Waals surface area contributed by atoms with E-state index >= 15 is 0 Å². The summed E-state index contributed by atoms with van der Waals surface area (Å²) in [7, 11) is 1.84. The molecule has 48 heavy (non-hydrogen) atoms. The fraction of sp³-hybridized carbons (Fsp3) is 0.475. The molecule has 0 bridgehead atoms. The third-order valence-corrected chi connectivity index (χ3v) is 8.14. The van der Waals surface area contributed by atoms with Crippen molar-refractivity contribution < 1.29 is 19.8 Å². The molecule has 8 heteroatoms. The quantitative estimate of drug-likeness (QED) is 0.0212. The maximum atomic E-state index is 12.2. The SMILES string of the molecule is CC(=CC=CC=CC=CC=CC(C)C(O)C(C)=CC(C)CCCC=CC(C)CC=CCCCN(C)C(=N)N)C(=O)NC1=C(O)CCC1=O. The number of aliphatic hydroxyl groups excluding tert-OH is 2. The van der Waals surface area contributed by atoms with Gasteiger partial charge in [0.05, 0.1) is 6.10 Å². The Morgan fingerprint density at radius 2 is 1.58 bits per heavy atom. The highest BCUT2D eigenvalue weighted by molar-refractivity contribution is 6.04. The molecular formula is C40H60N4O4. The highest BCUT2D eigenvalue weighted by atomic mass is 16.3. The summed E-state index contributed by atoms with van der Waals surface area (Å²) in [4.78, 5) is 25.6. The third-order valence-electron chi connectivity index (χ3n) is 8.14. The van der Waals surface area contributed by atoms with Crippen LogP contribution in [0.5, 0.6) is 0 Å². The Labute approximate surface area is 289 Å². The van der Waals surface area contributed by atoms with Crippen molar-refractivity contribution in [2.24, 2.45) is 23.5 Å². The normalized spacial score (nSPS) is 17.6. The van der Waals surface area contributed by atoms with Gasteiger partial charge in [-0.3, -0.25) is 15.0 Å². The highest BCUT2D eigenvalue weighted by Gasteiger charge is 2.24. The Morgan fingerprint density at radius 3 is 2.23 bits per heavy atom. The second kappa shape index (κ2) is 24.0. The summed E-state index contributed by atoms with van der Waals surface area (Å²) < 4.78 is 0. The van der Waals surface area contributed by atoms with Crippen molar-refractivity contribution in [3.05, 3.63) is 108 Å². The standard InChI is InChI=1S/C40H60N4O4/c1-30(21-15-12-13-20-28-44(6)40(41)42)22-16-14-17-23-31(2)29-34(5)38(47)32(3)24-18-10-8-7-9-11-19-25-33(4)39(48)43-37-35(45)26-27-36(37)46/h7-12,15-16,18-19,22,24-25,29-32,38,45,47H,13-14,17,20-21,23,26-28H2,1-6H3,(H3,41,42)(H,43,48). The summed E-state index contributed by atoms with van der Waals surface area (Å²) >= 11 is 0. The van der Waals surface area contributed by atoms with Crippen molar-refractivity contribution in [2.45, 2.75) is 92.1 Å². The lowest BCUT2D eigenvalue weighted by Gasteiger charge is -2.18. The van der Waals surface area contributed by atoms with E-state index in [0.717, 1.165) is 50.6 Å². The second-order valence-corrected chi connectivity index (χ2v) is 12.8. The number of hydrogen-bond acceptors (Lipinski definition) is 5. The van der Waals surface area contributed by atoms with Crippen LogP contribution in [-0.4, -0.2) is 52.5 Å². The first-order chi connectivity index (χ1) is 22.8. The lowest BCUT2D eigenvalue weighted by Crippen LogP contribution is -2.33. The molecule has 0 saturated carbocycles. The number of aliphatic hydroxyl groups is 2. The minimum atomic E-state index is -0.529. The Kier molecular flexibility index (Phi) is 21.0. The number of unbranched alkanes of at least 4 members (excludes halogenated alkanes) is 2. The second-order valence-electron chi connectivity index (χ2n) is 12.8. The van der Waals surface area contributed by atoms with Gasteiger partial charge in [-0.25, -0.2) is 0 Å². The number of Topliss-reactive ketones (excluding diaryl/α,β-unsaturated/α-hetero) is 1. The number of rotatable bonds is 21. The van der Waals surface area contributed by atoms with Gasteiger partial charge in [0.25, 0.3) is 5.91 Å². The number of carbonyl (C=O) groups excluding carboxylic acids is 2. The monoisotopic (exact) mass is 660 g/mol. The molecule has 0 aromatic heterocycles. The van der Waals surface area contributed by atoms with E-state index < -0.39 is 12.0 Å². The smallest absolute Gasteiger partial charge is 0.251 e. The number of amides is 1. The van der Waals surface area contributed by atoms with Gasteiger partial charge in [0.1, 0.15) is 11.5 Å². The Balaban J connectivity index is 2.33. The zero-order valence-corrected chi connectivity index (χ0v) is 30.0. The molecule has 0 aromatic rings. The summed E-state index contributed by atoms with van der Waals surface area (Å²) in [6.07, 6.45) is 34.1. The predicted octanol–water partition coefficient (Wildman–Crippen LogP) is 7.90. The number of nitrogens with two attached hydrogens (primary N) is 1. The maximum Gasteiger partial charge on any atom is 0.251 e. The summed E-state index contributed by atoms with van der Waals surface area (Å²) in [5.74, 6) is 0.284. The highest BCUT2D eigenvalue weighted by Crippen LogP contribution is 2.20. The molecule has 1 aliphatic carbocycles. The van der Waals surface area contributed by atoms with Gasteiger partial charge < -0.3 is 26.2 Å². The van der Waals surface area contributed by atoms with E-state index in [1.54, 1.807) is 30.1 Å². The molecule has 1 aliphatic rings. The van der Waals surface area contributed by atoms with E-state index in [9.17, 15) is 19.8 Å². The minimum absolute atomic E-state index is 0.00213. The van der Waals surface area contributed by atoms with Crippen molar-refractivity contribution in [3.63, 3.8) is 0 Å². The Hall–Kier alpha value is -4.17. The molecule has 0 heterocycles. The van der Waals surface area contributed by atoms with Crippen molar-refractivity contribution >= 4 is 17.6 Å². The Bertz CT molecular complexity index is 1310. The molecule has 0 aliphatic heterocycles. The molecule has 0 aromatic carbocycles. The van der Waals surface area contributed by atoms with E-state index in [0.29, 0.717) is 17.4 Å². The zero-order valence-electron chi connectivity index (χ0n) is 30.0. The largest absolute Gasteiger partial charge is 0.510 e. The van der Waals surface area contributed by atoms with Crippen LogP contribution in [0.2, 0.25) is 0 Å². The molecule has 4 unspecified atom stereocenters. The summed E-state index contributed by atoms with van der Waals surface area (Å²) in [5, 5.41) is 30.4. The van der Waals surface area contributed by atoms with Crippen molar-refractivity contribution in [1.29, 1.82) is 5.41 Å². The molecule has 8 nitrogen and oxygen atoms in total. The van der Waals surface area contributed by atoms with Crippen LogP contribution in [0.25, 0.3) is 0 Å². The summed E-state index contributed by atoms with van der Waals surface area (Å²) in [6.45, 7) is 10.9. The van der Waals surface area contributed by atoms with Crippen LogP contribution in [0.3, 0.4) is 0 Å². The lowest BCUT2D eigenvalue weighted by atomic mass is 9.93. The average Bonchev–Trinajstić information content (AvgIpc) is 3.36. The first kappa shape index (κ1) is 41.9. The third kappa shape index (κ3) is 18.2. The molecular weight excluding hydrogens is 600 g/mol. The Morgan fingerprint density at radius 1 is 0.938 bits per heavy atom. The van der Waals surface area contributed by atoms with Crippen molar-refractivity contribution in [2.75, 3.05) is 13.6 Å². The fourth-order valence-electron chi connectivity index (χ4n) is 4.94.